The second-order valence-electron chi connectivity index (χ2n) is 6.94. The average Bonchev–Trinajstić information content (AvgIpc) is 3.05. The summed E-state index contributed by atoms with van der Waals surface area (Å²) < 4.78 is 10.1. The van der Waals surface area contributed by atoms with E-state index in [4.69, 9.17) is 9.47 Å². The summed E-state index contributed by atoms with van der Waals surface area (Å²) in [6.07, 6.45) is 6.20. The number of hydrogen-bond acceptors (Lipinski definition) is 7. The molecule has 1 aromatic carbocycles. The lowest BCUT2D eigenvalue weighted by molar-refractivity contribution is -0.134. The first kappa shape index (κ1) is 22.2. The first-order valence-electron chi connectivity index (χ1n) is 9.62. The Balaban J connectivity index is 1.79. The van der Waals surface area contributed by atoms with Crippen molar-refractivity contribution in [2.75, 3.05) is 5.32 Å². The monoisotopic (exact) mass is 443 g/mol. The van der Waals surface area contributed by atoms with Gasteiger partial charge in [-0.15, -0.1) is 11.3 Å². The number of nitrogens with one attached hydrogen (secondary N) is 1. The van der Waals surface area contributed by atoms with Crippen molar-refractivity contribution >= 4 is 46.2 Å². The molecule has 1 heterocycles. The first-order chi connectivity index (χ1) is 14.7. The SMILES string of the molecule is CC(=O)Oc1ccc(/C=C/C(=O)Nc2sc3c(c2C(=O)O)CCCC3)cc1OC(C)=O. The molecule has 2 N–H and O–H groups in total. The number of carboxylic acid groups (broad SMARTS) is 1. The van der Waals surface area contributed by atoms with E-state index in [0.717, 1.165) is 29.7 Å². The molecule has 0 fully saturated rings. The Morgan fingerprint density at radius 1 is 1.03 bits per heavy atom. The Morgan fingerprint density at radius 3 is 2.39 bits per heavy atom. The molecule has 3 rings (SSSR count). The van der Waals surface area contributed by atoms with Crippen molar-refractivity contribution in [2.24, 2.45) is 0 Å². The molecule has 31 heavy (non-hydrogen) atoms. The third-order valence-corrected chi connectivity index (χ3v) is 5.73. The summed E-state index contributed by atoms with van der Waals surface area (Å²) in [5, 5.41) is 12.6. The van der Waals surface area contributed by atoms with Gasteiger partial charge in [0.05, 0.1) is 5.56 Å². The quantitative estimate of drug-likeness (QED) is 0.396. The third kappa shape index (κ3) is 5.58. The van der Waals surface area contributed by atoms with Crippen LogP contribution in [0.25, 0.3) is 6.08 Å². The van der Waals surface area contributed by atoms with Crippen LogP contribution in [-0.4, -0.2) is 28.9 Å². The van der Waals surface area contributed by atoms with Gasteiger partial charge in [-0.25, -0.2) is 4.79 Å². The number of carbonyl (C=O) groups excluding carboxylic acids is 3. The number of esters is 2. The number of benzene rings is 1. The van der Waals surface area contributed by atoms with E-state index < -0.39 is 23.8 Å². The highest BCUT2D eigenvalue weighted by Crippen LogP contribution is 2.38. The van der Waals surface area contributed by atoms with Crippen LogP contribution in [0.15, 0.2) is 24.3 Å². The summed E-state index contributed by atoms with van der Waals surface area (Å²) in [6, 6.07) is 4.49. The number of rotatable bonds is 6. The van der Waals surface area contributed by atoms with Gasteiger partial charge in [-0.1, -0.05) is 6.07 Å². The normalized spacial score (nSPS) is 12.8. The zero-order chi connectivity index (χ0) is 22.5. The lowest BCUT2D eigenvalue weighted by Crippen LogP contribution is -2.11. The van der Waals surface area contributed by atoms with Crippen LogP contribution in [0, 0.1) is 0 Å². The number of anilines is 1. The summed E-state index contributed by atoms with van der Waals surface area (Å²) in [5.41, 5.74) is 1.51. The van der Waals surface area contributed by atoms with Crippen molar-refractivity contribution in [3.05, 3.63) is 45.8 Å². The number of hydrogen-bond donors (Lipinski definition) is 2. The molecule has 0 bridgehead atoms. The van der Waals surface area contributed by atoms with E-state index in [9.17, 15) is 24.3 Å². The molecule has 1 aromatic heterocycles. The first-order valence-corrected chi connectivity index (χ1v) is 10.4. The molecule has 2 aromatic rings. The van der Waals surface area contributed by atoms with Crippen molar-refractivity contribution in [1.82, 2.24) is 0 Å². The van der Waals surface area contributed by atoms with E-state index in [1.807, 2.05) is 0 Å². The molecule has 0 unspecified atom stereocenters. The molecule has 0 saturated carbocycles. The molecule has 0 saturated heterocycles. The number of aromatic carboxylic acids is 1. The van der Waals surface area contributed by atoms with Crippen LogP contribution < -0.4 is 14.8 Å². The summed E-state index contributed by atoms with van der Waals surface area (Å²) in [4.78, 5) is 47.6. The maximum absolute atomic E-state index is 12.4. The molecule has 1 aliphatic rings. The van der Waals surface area contributed by atoms with E-state index in [1.165, 1.54) is 49.5 Å². The van der Waals surface area contributed by atoms with Gasteiger partial charge in [-0.05, 0) is 55.0 Å². The second-order valence-corrected chi connectivity index (χ2v) is 8.04. The number of aryl methyl sites for hydroxylation is 1. The summed E-state index contributed by atoms with van der Waals surface area (Å²) in [6.45, 7) is 2.44. The zero-order valence-electron chi connectivity index (χ0n) is 17.0. The topological polar surface area (TPSA) is 119 Å². The molecular formula is C22H21NO7S. The van der Waals surface area contributed by atoms with Crippen LogP contribution in [0.4, 0.5) is 5.00 Å². The van der Waals surface area contributed by atoms with E-state index in [0.29, 0.717) is 17.0 Å². The number of carbonyl (C=O) groups is 4. The molecule has 0 atom stereocenters. The van der Waals surface area contributed by atoms with Gasteiger partial charge in [0.25, 0.3) is 0 Å². The molecule has 0 radical (unpaired) electrons. The fourth-order valence-electron chi connectivity index (χ4n) is 3.31. The van der Waals surface area contributed by atoms with Gasteiger partial charge in [0.15, 0.2) is 11.5 Å². The largest absolute Gasteiger partial charge is 0.478 e. The molecule has 1 aliphatic carbocycles. The van der Waals surface area contributed by atoms with E-state index >= 15 is 0 Å². The van der Waals surface area contributed by atoms with Crippen molar-refractivity contribution in [1.29, 1.82) is 0 Å². The molecule has 8 nitrogen and oxygen atoms in total. The third-order valence-electron chi connectivity index (χ3n) is 4.52. The van der Waals surface area contributed by atoms with E-state index in [1.54, 1.807) is 6.07 Å². The van der Waals surface area contributed by atoms with Crippen LogP contribution in [0.3, 0.4) is 0 Å². The average molecular weight is 443 g/mol. The number of fused-ring (bicyclic) bond motifs is 1. The van der Waals surface area contributed by atoms with Crippen LogP contribution in [0.2, 0.25) is 0 Å². The van der Waals surface area contributed by atoms with Gasteiger partial charge in [0.2, 0.25) is 5.91 Å². The minimum atomic E-state index is -1.05. The van der Waals surface area contributed by atoms with Crippen LogP contribution in [0.5, 0.6) is 11.5 Å². The second kappa shape index (κ2) is 9.57. The number of carboxylic acids is 1. The van der Waals surface area contributed by atoms with Gasteiger partial charge in [0, 0.05) is 24.8 Å². The van der Waals surface area contributed by atoms with Gasteiger partial charge in [-0.3, -0.25) is 14.4 Å². The van der Waals surface area contributed by atoms with Crippen molar-refractivity contribution in [3.63, 3.8) is 0 Å². The summed E-state index contributed by atoms with van der Waals surface area (Å²) in [7, 11) is 0. The highest BCUT2D eigenvalue weighted by Gasteiger charge is 2.25. The lowest BCUT2D eigenvalue weighted by Gasteiger charge is -2.10. The highest BCUT2D eigenvalue weighted by atomic mass is 32.1. The van der Waals surface area contributed by atoms with E-state index in [2.05, 4.69) is 5.32 Å². The Labute approximate surface area is 182 Å². The zero-order valence-corrected chi connectivity index (χ0v) is 17.8. The molecule has 1 amide bonds. The fraction of sp³-hybridized carbons (Fsp3) is 0.273. The number of ether oxygens (including phenoxy) is 2. The molecule has 0 aliphatic heterocycles. The van der Waals surface area contributed by atoms with Crippen molar-refractivity contribution < 1.29 is 33.8 Å². The number of amides is 1. The van der Waals surface area contributed by atoms with Crippen molar-refractivity contribution in [3.8, 4) is 11.5 Å². The Bertz CT molecular complexity index is 1080. The van der Waals surface area contributed by atoms with Gasteiger partial charge in [-0.2, -0.15) is 0 Å². The molecule has 9 heteroatoms. The minimum Gasteiger partial charge on any atom is -0.478 e. The van der Waals surface area contributed by atoms with Crippen LogP contribution in [0.1, 0.15) is 53.1 Å². The van der Waals surface area contributed by atoms with Gasteiger partial charge in [0.1, 0.15) is 5.00 Å². The minimum absolute atomic E-state index is 0.0457. The fourth-order valence-corrected chi connectivity index (χ4v) is 4.59. The predicted molar refractivity (Wildman–Crippen MR) is 115 cm³/mol. The molecule has 0 spiro atoms. The van der Waals surface area contributed by atoms with Gasteiger partial charge < -0.3 is 19.9 Å². The Kier molecular flexibility index (Phi) is 6.86. The van der Waals surface area contributed by atoms with Gasteiger partial charge >= 0.3 is 17.9 Å². The van der Waals surface area contributed by atoms with E-state index in [-0.39, 0.29) is 17.1 Å². The lowest BCUT2D eigenvalue weighted by atomic mass is 9.95. The molecule has 162 valence electrons. The molecular weight excluding hydrogens is 422 g/mol. The van der Waals surface area contributed by atoms with Crippen LogP contribution in [-0.2, 0) is 27.2 Å². The Hall–Kier alpha value is -3.46. The summed E-state index contributed by atoms with van der Waals surface area (Å²) in [5.74, 6) is -2.56. The smallest absolute Gasteiger partial charge is 0.339 e. The van der Waals surface area contributed by atoms with Crippen molar-refractivity contribution in [2.45, 2.75) is 39.5 Å². The highest BCUT2D eigenvalue weighted by molar-refractivity contribution is 7.17. The number of thiophene rings is 1. The maximum atomic E-state index is 12.4. The van der Waals surface area contributed by atoms with Crippen LogP contribution >= 0.6 is 11.3 Å². The predicted octanol–water partition coefficient (Wildman–Crippen LogP) is 3.83. The summed E-state index contributed by atoms with van der Waals surface area (Å²) >= 11 is 1.30. The Morgan fingerprint density at radius 2 is 1.71 bits per heavy atom. The standard InChI is InChI=1S/C22H21NO7S/c1-12(24)29-16-9-7-14(11-17(16)30-13(2)25)8-10-19(26)23-21-20(22(27)28)15-5-3-4-6-18(15)31-21/h7-11H,3-6H2,1-2H3,(H,23,26)(H,27,28)/b10-8+. The maximum Gasteiger partial charge on any atom is 0.339 e.